The van der Waals surface area contributed by atoms with Crippen molar-refractivity contribution in [2.45, 2.75) is 33.2 Å². The number of benzene rings is 2. The van der Waals surface area contributed by atoms with Crippen molar-refractivity contribution in [3.63, 3.8) is 0 Å². The van der Waals surface area contributed by atoms with Crippen LogP contribution < -0.4 is 10.1 Å². The van der Waals surface area contributed by atoms with E-state index in [1.165, 1.54) is 0 Å². The van der Waals surface area contributed by atoms with Gasteiger partial charge in [-0.2, -0.15) is 0 Å². The highest BCUT2D eigenvalue weighted by molar-refractivity contribution is 6.30. The smallest absolute Gasteiger partial charge is 0.343 e. The first-order valence-corrected chi connectivity index (χ1v) is 10.4. The maximum Gasteiger partial charge on any atom is 0.343 e. The number of halogens is 1. The van der Waals surface area contributed by atoms with Crippen molar-refractivity contribution in [2.24, 2.45) is 0 Å². The highest BCUT2D eigenvalue weighted by Gasteiger charge is 2.19. The molecule has 0 aliphatic rings. The van der Waals surface area contributed by atoms with Gasteiger partial charge in [-0.3, -0.25) is 4.40 Å². The third-order valence-corrected chi connectivity index (χ3v) is 4.95. The molecule has 0 radical (unpaired) electrons. The number of aromatic nitrogens is 2. The van der Waals surface area contributed by atoms with Gasteiger partial charge in [0.25, 0.3) is 0 Å². The standard InChI is InChI=1S/C25H24ClN3O2/c1-16-13-14-29-21(15-16)27-22(23(29)28-25(2,3)4)17-7-11-20(12-8-17)31-24(30)18-5-9-19(26)10-6-18/h5-15,28H,1-4H3. The molecule has 0 fully saturated rings. The molecule has 0 aliphatic heterocycles. The molecule has 4 rings (SSSR count). The second-order valence-corrected chi connectivity index (χ2v) is 8.97. The number of hydrogen-bond acceptors (Lipinski definition) is 4. The molecule has 31 heavy (non-hydrogen) atoms. The summed E-state index contributed by atoms with van der Waals surface area (Å²) in [5, 5.41) is 4.14. The first-order valence-electron chi connectivity index (χ1n) is 10.0. The van der Waals surface area contributed by atoms with E-state index in [9.17, 15) is 4.79 Å². The number of ether oxygens (including phenoxy) is 1. The van der Waals surface area contributed by atoms with Gasteiger partial charge in [0.1, 0.15) is 22.9 Å². The summed E-state index contributed by atoms with van der Waals surface area (Å²) in [5.74, 6) is 0.963. The molecule has 0 amide bonds. The first-order chi connectivity index (χ1) is 14.7. The lowest BCUT2D eigenvalue weighted by Gasteiger charge is -2.22. The molecule has 0 saturated heterocycles. The third-order valence-electron chi connectivity index (χ3n) is 4.69. The molecule has 158 valence electrons. The van der Waals surface area contributed by atoms with Crippen molar-refractivity contribution in [1.82, 2.24) is 9.38 Å². The van der Waals surface area contributed by atoms with E-state index >= 15 is 0 Å². The molecule has 2 aromatic heterocycles. The number of rotatable bonds is 4. The van der Waals surface area contributed by atoms with Gasteiger partial charge in [-0.05, 0) is 93.9 Å². The van der Waals surface area contributed by atoms with Crippen LogP contribution in [-0.4, -0.2) is 20.9 Å². The Labute approximate surface area is 186 Å². The number of nitrogens with zero attached hydrogens (tertiary/aromatic N) is 2. The number of aryl methyl sites for hydroxylation is 1. The molecule has 1 N–H and O–H groups in total. The maximum absolute atomic E-state index is 12.3. The topological polar surface area (TPSA) is 55.6 Å². The molecule has 0 saturated carbocycles. The minimum atomic E-state index is -0.428. The highest BCUT2D eigenvalue weighted by atomic mass is 35.5. The monoisotopic (exact) mass is 433 g/mol. The summed E-state index contributed by atoms with van der Waals surface area (Å²) in [6.45, 7) is 8.39. The van der Waals surface area contributed by atoms with E-state index in [2.05, 4.69) is 49.5 Å². The van der Waals surface area contributed by atoms with Crippen LogP contribution in [0.5, 0.6) is 5.75 Å². The molecule has 0 spiro atoms. The van der Waals surface area contributed by atoms with Crippen LogP contribution in [0.4, 0.5) is 5.82 Å². The van der Waals surface area contributed by atoms with Crippen LogP contribution >= 0.6 is 11.6 Å². The number of imidazole rings is 1. The molecule has 2 aromatic carbocycles. The Morgan fingerprint density at radius 1 is 1.03 bits per heavy atom. The second kappa shape index (κ2) is 8.08. The fraction of sp³-hybridized carbons (Fsp3) is 0.200. The van der Waals surface area contributed by atoms with Gasteiger partial charge in [0.05, 0.1) is 5.56 Å². The molecule has 5 nitrogen and oxygen atoms in total. The van der Waals surface area contributed by atoms with Gasteiger partial charge >= 0.3 is 5.97 Å². The van der Waals surface area contributed by atoms with Gasteiger partial charge in [0, 0.05) is 22.3 Å². The van der Waals surface area contributed by atoms with E-state index in [1.54, 1.807) is 36.4 Å². The summed E-state index contributed by atoms with van der Waals surface area (Å²) in [6.07, 6.45) is 2.03. The van der Waals surface area contributed by atoms with E-state index in [0.717, 1.165) is 28.3 Å². The lowest BCUT2D eigenvalue weighted by molar-refractivity contribution is 0.0735. The zero-order valence-electron chi connectivity index (χ0n) is 17.9. The average molecular weight is 434 g/mol. The number of carbonyl (C=O) groups excluding carboxylic acids is 1. The van der Waals surface area contributed by atoms with E-state index in [1.807, 2.05) is 18.3 Å². The van der Waals surface area contributed by atoms with Crippen LogP contribution in [0.1, 0.15) is 36.7 Å². The van der Waals surface area contributed by atoms with E-state index in [4.69, 9.17) is 21.3 Å². The van der Waals surface area contributed by atoms with Crippen LogP contribution in [0.3, 0.4) is 0 Å². The van der Waals surface area contributed by atoms with Crippen LogP contribution in [0, 0.1) is 6.92 Å². The Morgan fingerprint density at radius 2 is 1.71 bits per heavy atom. The summed E-state index contributed by atoms with van der Waals surface area (Å²) in [5.41, 5.74) is 4.11. The Kier molecular flexibility index (Phi) is 5.46. The maximum atomic E-state index is 12.3. The number of pyridine rings is 1. The predicted molar refractivity (Wildman–Crippen MR) is 125 cm³/mol. The minimum Gasteiger partial charge on any atom is -0.423 e. The predicted octanol–water partition coefficient (Wildman–Crippen LogP) is 6.39. The van der Waals surface area contributed by atoms with E-state index in [-0.39, 0.29) is 5.54 Å². The van der Waals surface area contributed by atoms with Crippen molar-refractivity contribution in [3.8, 4) is 17.0 Å². The average Bonchev–Trinajstić information content (AvgIpc) is 3.04. The van der Waals surface area contributed by atoms with E-state index in [0.29, 0.717) is 16.3 Å². The number of nitrogens with one attached hydrogen (secondary N) is 1. The van der Waals surface area contributed by atoms with Crippen molar-refractivity contribution in [1.29, 1.82) is 0 Å². The first kappa shape index (κ1) is 20.9. The molecule has 4 aromatic rings. The Morgan fingerprint density at radius 3 is 2.35 bits per heavy atom. The molecule has 2 heterocycles. The summed E-state index contributed by atoms with van der Waals surface area (Å²) in [7, 11) is 0. The zero-order valence-corrected chi connectivity index (χ0v) is 18.7. The van der Waals surface area contributed by atoms with Gasteiger partial charge in [-0.1, -0.05) is 11.6 Å². The summed E-state index contributed by atoms with van der Waals surface area (Å²) >= 11 is 5.88. The number of carbonyl (C=O) groups is 1. The van der Waals surface area contributed by atoms with Crippen LogP contribution in [0.2, 0.25) is 5.02 Å². The van der Waals surface area contributed by atoms with Gasteiger partial charge in [0.15, 0.2) is 0 Å². The van der Waals surface area contributed by atoms with Crippen LogP contribution in [-0.2, 0) is 0 Å². The normalized spacial score (nSPS) is 11.5. The molecule has 0 bridgehead atoms. The third kappa shape index (κ3) is 4.72. The Balaban J connectivity index is 1.64. The Bertz CT molecular complexity index is 1240. The van der Waals surface area contributed by atoms with Crippen molar-refractivity contribution in [3.05, 3.63) is 83.0 Å². The van der Waals surface area contributed by atoms with Crippen LogP contribution in [0.15, 0.2) is 66.9 Å². The van der Waals surface area contributed by atoms with Crippen molar-refractivity contribution >= 4 is 29.0 Å². The molecule has 6 heteroatoms. The Hall–Kier alpha value is -3.31. The minimum absolute atomic E-state index is 0.135. The molecular weight excluding hydrogens is 410 g/mol. The van der Waals surface area contributed by atoms with Crippen LogP contribution in [0.25, 0.3) is 16.9 Å². The fourth-order valence-electron chi connectivity index (χ4n) is 3.26. The summed E-state index contributed by atoms with van der Waals surface area (Å²) < 4.78 is 7.55. The largest absolute Gasteiger partial charge is 0.423 e. The molecule has 0 aliphatic carbocycles. The number of fused-ring (bicyclic) bond motifs is 1. The second-order valence-electron chi connectivity index (χ2n) is 8.54. The highest BCUT2D eigenvalue weighted by Crippen LogP contribution is 2.32. The van der Waals surface area contributed by atoms with E-state index < -0.39 is 5.97 Å². The van der Waals surface area contributed by atoms with Gasteiger partial charge in [-0.15, -0.1) is 0 Å². The number of anilines is 1. The lowest BCUT2D eigenvalue weighted by atomic mass is 10.1. The van der Waals surface area contributed by atoms with Gasteiger partial charge < -0.3 is 10.1 Å². The van der Waals surface area contributed by atoms with Gasteiger partial charge in [0.2, 0.25) is 0 Å². The van der Waals surface area contributed by atoms with Crippen molar-refractivity contribution in [2.75, 3.05) is 5.32 Å². The summed E-state index contributed by atoms with van der Waals surface area (Å²) in [4.78, 5) is 17.2. The van der Waals surface area contributed by atoms with Crippen molar-refractivity contribution < 1.29 is 9.53 Å². The molecular formula is C25H24ClN3O2. The fourth-order valence-corrected chi connectivity index (χ4v) is 3.38. The number of esters is 1. The molecule has 0 atom stereocenters. The molecule has 0 unspecified atom stereocenters. The van der Waals surface area contributed by atoms with Gasteiger partial charge in [-0.25, -0.2) is 9.78 Å². The number of hydrogen-bond donors (Lipinski definition) is 1. The SMILES string of the molecule is Cc1ccn2c(NC(C)(C)C)c(-c3ccc(OC(=O)c4ccc(Cl)cc4)cc3)nc2c1. The summed E-state index contributed by atoms with van der Waals surface area (Å²) in [6, 6.07) is 18.1. The zero-order chi connectivity index (χ0) is 22.2. The lowest BCUT2D eigenvalue weighted by Crippen LogP contribution is -2.27. The quantitative estimate of drug-likeness (QED) is 0.299.